The molecule has 1 atom stereocenters. The summed E-state index contributed by atoms with van der Waals surface area (Å²) in [7, 11) is 0. The summed E-state index contributed by atoms with van der Waals surface area (Å²) in [5.74, 6) is 0.159. The van der Waals surface area contributed by atoms with Gasteiger partial charge in [0, 0.05) is 13.0 Å². The molecule has 2 rings (SSSR count). The first-order valence-electron chi connectivity index (χ1n) is 5.47. The Kier molecular flexibility index (Phi) is 3.51. The second-order valence-electron chi connectivity index (χ2n) is 3.92. The van der Waals surface area contributed by atoms with E-state index >= 15 is 0 Å². The summed E-state index contributed by atoms with van der Waals surface area (Å²) < 4.78 is 6.96. The van der Waals surface area contributed by atoms with Crippen LogP contribution >= 0.6 is 0 Å². The van der Waals surface area contributed by atoms with Gasteiger partial charge in [0.2, 0.25) is 5.91 Å². The van der Waals surface area contributed by atoms with E-state index in [0.29, 0.717) is 32.7 Å². The number of aryl methyl sites for hydroxylation is 1. The summed E-state index contributed by atoms with van der Waals surface area (Å²) >= 11 is 0. The number of carbonyl (C=O) groups is 1. The number of hydrogen-bond donors (Lipinski definition) is 0. The zero-order valence-electron chi connectivity index (χ0n) is 9.37. The van der Waals surface area contributed by atoms with Gasteiger partial charge in [-0.05, 0) is 6.92 Å². The largest absolute Gasteiger partial charge is 0.377 e. The Bertz CT molecular complexity index is 339. The van der Waals surface area contributed by atoms with Gasteiger partial charge in [0.25, 0.3) is 0 Å². The van der Waals surface area contributed by atoms with Crippen molar-refractivity contribution in [2.24, 2.45) is 0 Å². The van der Waals surface area contributed by atoms with Gasteiger partial charge in [-0.3, -0.25) is 9.48 Å². The quantitative estimate of drug-likeness (QED) is 0.720. The summed E-state index contributed by atoms with van der Waals surface area (Å²) in [6.45, 7) is 4.56. The van der Waals surface area contributed by atoms with Gasteiger partial charge in [-0.1, -0.05) is 0 Å². The van der Waals surface area contributed by atoms with Crippen molar-refractivity contribution in [3.8, 4) is 0 Å². The number of nitrogens with zero attached hydrogens (tertiary/aromatic N) is 4. The molecule has 0 bridgehead atoms. The Morgan fingerprint density at radius 2 is 2.50 bits per heavy atom. The van der Waals surface area contributed by atoms with E-state index in [1.54, 1.807) is 11.0 Å². The van der Waals surface area contributed by atoms with Gasteiger partial charge in [-0.2, -0.15) is 5.10 Å². The van der Waals surface area contributed by atoms with Gasteiger partial charge in [0.15, 0.2) is 0 Å². The van der Waals surface area contributed by atoms with Crippen LogP contribution in [0.4, 0.5) is 0 Å². The topological polar surface area (TPSA) is 60.2 Å². The molecule has 0 aliphatic carbocycles. The molecule has 1 saturated heterocycles. The number of carbonyl (C=O) groups excluding carboxylic acids is 1. The summed E-state index contributed by atoms with van der Waals surface area (Å²) in [6, 6.07) is 0.178. The fourth-order valence-corrected chi connectivity index (χ4v) is 1.80. The van der Waals surface area contributed by atoms with Crippen molar-refractivity contribution in [3.63, 3.8) is 0 Å². The molecule has 0 saturated carbocycles. The summed E-state index contributed by atoms with van der Waals surface area (Å²) in [6.07, 6.45) is 3.56. The van der Waals surface area contributed by atoms with Crippen molar-refractivity contribution in [3.05, 3.63) is 12.7 Å². The lowest BCUT2D eigenvalue weighted by Crippen LogP contribution is -2.47. The third-order valence-electron chi connectivity index (χ3n) is 2.71. The van der Waals surface area contributed by atoms with Crippen LogP contribution in [0.25, 0.3) is 0 Å². The van der Waals surface area contributed by atoms with Crippen LogP contribution in [0.15, 0.2) is 12.7 Å². The molecule has 6 heteroatoms. The molecule has 0 spiro atoms. The molecule has 1 amide bonds. The Morgan fingerprint density at radius 3 is 3.19 bits per heavy atom. The molecule has 1 aromatic heterocycles. The fourth-order valence-electron chi connectivity index (χ4n) is 1.80. The summed E-state index contributed by atoms with van der Waals surface area (Å²) in [5.41, 5.74) is 0. The van der Waals surface area contributed by atoms with E-state index in [-0.39, 0.29) is 11.9 Å². The summed E-state index contributed by atoms with van der Waals surface area (Å²) in [5, 5.41) is 3.96. The lowest BCUT2D eigenvalue weighted by molar-refractivity contribution is -0.139. The zero-order valence-corrected chi connectivity index (χ0v) is 9.37. The predicted octanol–water partition coefficient (Wildman–Crippen LogP) is -0.0845. The third-order valence-corrected chi connectivity index (χ3v) is 2.71. The lowest BCUT2D eigenvalue weighted by Gasteiger charge is -2.33. The van der Waals surface area contributed by atoms with Crippen LogP contribution in [0.1, 0.15) is 13.3 Å². The van der Waals surface area contributed by atoms with E-state index in [9.17, 15) is 4.79 Å². The highest BCUT2D eigenvalue weighted by Gasteiger charge is 2.23. The van der Waals surface area contributed by atoms with Gasteiger partial charge in [0.05, 0.1) is 25.8 Å². The van der Waals surface area contributed by atoms with E-state index in [4.69, 9.17) is 4.74 Å². The first-order chi connectivity index (χ1) is 7.77. The van der Waals surface area contributed by atoms with Gasteiger partial charge in [0.1, 0.15) is 12.7 Å². The fraction of sp³-hybridized carbons (Fsp3) is 0.700. The Balaban J connectivity index is 1.83. The van der Waals surface area contributed by atoms with Crippen LogP contribution in [0, 0.1) is 0 Å². The molecule has 1 aromatic rings. The highest BCUT2D eigenvalue weighted by Crippen LogP contribution is 2.08. The summed E-state index contributed by atoms with van der Waals surface area (Å²) in [4.78, 5) is 17.6. The Labute approximate surface area is 94.2 Å². The third kappa shape index (κ3) is 2.57. The molecule has 0 N–H and O–H groups in total. The number of ether oxygens (including phenoxy) is 1. The number of hydrogen-bond acceptors (Lipinski definition) is 4. The molecular formula is C10H16N4O2. The number of amides is 1. The average Bonchev–Trinajstić information content (AvgIpc) is 2.79. The molecule has 1 aliphatic rings. The van der Waals surface area contributed by atoms with E-state index in [2.05, 4.69) is 10.1 Å². The van der Waals surface area contributed by atoms with E-state index < -0.39 is 0 Å². The minimum atomic E-state index is 0.159. The van der Waals surface area contributed by atoms with Crippen LogP contribution in [0.3, 0.4) is 0 Å². The van der Waals surface area contributed by atoms with Crippen molar-refractivity contribution >= 4 is 5.91 Å². The van der Waals surface area contributed by atoms with Crippen LogP contribution in [-0.4, -0.2) is 51.4 Å². The minimum Gasteiger partial charge on any atom is -0.377 e. The Morgan fingerprint density at radius 1 is 1.62 bits per heavy atom. The number of morpholine rings is 1. The van der Waals surface area contributed by atoms with E-state index in [0.717, 1.165) is 0 Å². The average molecular weight is 224 g/mol. The molecule has 88 valence electrons. The highest BCUT2D eigenvalue weighted by molar-refractivity contribution is 5.76. The lowest BCUT2D eigenvalue weighted by atomic mass is 10.2. The molecule has 0 aromatic carbocycles. The molecule has 1 fully saturated rings. The Hall–Kier alpha value is -1.43. The van der Waals surface area contributed by atoms with Crippen LogP contribution in [0.2, 0.25) is 0 Å². The second-order valence-corrected chi connectivity index (χ2v) is 3.92. The molecule has 6 nitrogen and oxygen atoms in total. The smallest absolute Gasteiger partial charge is 0.224 e. The highest BCUT2D eigenvalue weighted by atomic mass is 16.5. The van der Waals surface area contributed by atoms with Crippen molar-refractivity contribution in [2.75, 3.05) is 19.8 Å². The van der Waals surface area contributed by atoms with Crippen molar-refractivity contribution < 1.29 is 9.53 Å². The minimum absolute atomic E-state index is 0.159. The first-order valence-corrected chi connectivity index (χ1v) is 5.47. The standard InChI is InChI=1S/C10H16N4O2/c1-9-6-16-5-4-14(9)10(15)2-3-13-8-11-7-12-13/h7-9H,2-6H2,1H3/t9-/m1/s1. The van der Waals surface area contributed by atoms with Gasteiger partial charge in [-0.25, -0.2) is 4.98 Å². The molecular weight excluding hydrogens is 208 g/mol. The first kappa shape index (κ1) is 11.1. The van der Waals surface area contributed by atoms with Crippen molar-refractivity contribution in [1.29, 1.82) is 0 Å². The molecule has 0 unspecified atom stereocenters. The van der Waals surface area contributed by atoms with Crippen LogP contribution in [0.5, 0.6) is 0 Å². The molecule has 16 heavy (non-hydrogen) atoms. The molecule has 2 heterocycles. The van der Waals surface area contributed by atoms with Crippen molar-refractivity contribution in [2.45, 2.75) is 25.9 Å². The van der Waals surface area contributed by atoms with Gasteiger partial charge < -0.3 is 9.64 Å². The molecule has 1 aliphatic heterocycles. The maximum absolute atomic E-state index is 11.9. The second kappa shape index (κ2) is 5.07. The predicted molar refractivity (Wildman–Crippen MR) is 56.6 cm³/mol. The van der Waals surface area contributed by atoms with E-state index in [1.165, 1.54) is 6.33 Å². The maximum atomic E-state index is 11.9. The van der Waals surface area contributed by atoms with Crippen molar-refractivity contribution in [1.82, 2.24) is 19.7 Å². The monoisotopic (exact) mass is 224 g/mol. The SMILES string of the molecule is C[C@@H]1COCCN1C(=O)CCn1cncn1. The van der Waals surface area contributed by atoms with Gasteiger partial charge in [-0.15, -0.1) is 0 Å². The number of rotatable bonds is 3. The van der Waals surface area contributed by atoms with E-state index in [1.807, 2.05) is 11.8 Å². The molecule has 0 radical (unpaired) electrons. The zero-order chi connectivity index (χ0) is 11.4. The van der Waals surface area contributed by atoms with Gasteiger partial charge >= 0.3 is 0 Å². The van der Waals surface area contributed by atoms with Crippen LogP contribution < -0.4 is 0 Å². The maximum Gasteiger partial charge on any atom is 0.224 e. The number of aromatic nitrogens is 3. The normalized spacial score (nSPS) is 21.1. The van der Waals surface area contributed by atoms with Crippen LogP contribution in [-0.2, 0) is 16.1 Å².